The normalized spacial score (nSPS) is 17.7. The molecule has 1 saturated heterocycles. The maximum Gasteiger partial charge on any atom is 0.248 e. The van der Waals surface area contributed by atoms with Gasteiger partial charge < -0.3 is 9.64 Å². The van der Waals surface area contributed by atoms with Gasteiger partial charge in [-0.05, 0) is 30.0 Å². The lowest BCUT2D eigenvalue weighted by atomic mass is 10.1. The summed E-state index contributed by atoms with van der Waals surface area (Å²) in [6, 6.07) is 16.9. The Kier molecular flexibility index (Phi) is 6.83. The van der Waals surface area contributed by atoms with Gasteiger partial charge in [-0.25, -0.2) is 13.1 Å². The van der Waals surface area contributed by atoms with E-state index in [4.69, 9.17) is 4.74 Å². The number of carbonyl (C=O) groups is 1. The Hall–Kier alpha value is -2.22. The molecule has 1 unspecified atom stereocenters. The smallest absolute Gasteiger partial charge is 0.248 e. The number of morpholine rings is 1. The molecule has 1 aliphatic heterocycles. The number of hydrogen-bond donors (Lipinski definition) is 1. The van der Waals surface area contributed by atoms with Crippen LogP contribution in [0.1, 0.15) is 18.1 Å². The van der Waals surface area contributed by atoms with Crippen molar-refractivity contribution in [2.24, 2.45) is 0 Å². The third kappa shape index (κ3) is 5.19. The molecule has 0 aromatic heterocycles. The van der Waals surface area contributed by atoms with Crippen LogP contribution in [0.25, 0.3) is 0 Å². The van der Waals surface area contributed by atoms with E-state index in [2.05, 4.69) is 4.72 Å². The molecule has 0 saturated carbocycles. The Balaban J connectivity index is 1.57. The van der Waals surface area contributed by atoms with E-state index >= 15 is 0 Å². The number of nitrogens with zero attached hydrogens (tertiary/aromatic N) is 1. The molecule has 6 nitrogen and oxygen atoms in total. The topological polar surface area (TPSA) is 75.7 Å². The first-order valence-electron chi connectivity index (χ1n) is 9.50. The summed E-state index contributed by atoms with van der Waals surface area (Å²) >= 11 is 0. The van der Waals surface area contributed by atoms with E-state index < -0.39 is 10.0 Å². The van der Waals surface area contributed by atoms with Gasteiger partial charge in [-0.3, -0.25) is 4.79 Å². The minimum atomic E-state index is -3.62. The van der Waals surface area contributed by atoms with Gasteiger partial charge in [0.25, 0.3) is 0 Å². The number of amides is 1. The largest absolute Gasteiger partial charge is 0.365 e. The van der Waals surface area contributed by atoms with Gasteiger partial charge in [-0.2, -0.15) is 0 Å². The van der Waals surface area contributed by atoms with E-state index in [9.17, 15) is 13.2 Å². The van der Waals surface area contributed by atoms with Crippen molar-refractivity contribution < 1.29 is 17.9 Å². The molecule has 3 rings (SSSR count). The van der Waals surface area contributed by atoms with Gasteiger partial charge in [0.15, 0.2) is 0 Å². The lowest BCUT2D eigenvalue weighted by molar-refractivity contribution is -0.148. The molecule has 1 heterocycles. The van der Waals surface area contributed by atoms with Crippen LogP contribution in [0, 0.1) is 0 Å². The van der Waals surface area contributed by atoms with E-state index in [0.29, 0.717) is 24.4 Å². The molecular weight excluding hydrogens is 376 g/mol. The second-order valence-corrected chi connectivity index (χ2v) is 8.56. The number of ether oxygens (including phenoxy) is 1. The second kappa shape index (κ2) is 9.32. The second-order valence-electron chi connectivity index (χ2n) is 6.82. The van der Waals surface area contributed by atoms with Crippen LogP contribution in [0.4, 0.5) is 0 Å². The molecule has 1 atom stereocenters. The van der Waals surface area contributed by atoms with Crippen LogP contribution in [0.15, 0.2) is 59.5 Å². The first-order chi connectivity index (χ1) is 13.5. The number of sulfonamides is 1. The molecule has 2 aromatic carbocycles. The Labute approximate surface area is 166 Å². The van der Waals surface area contributed by atoms with E-state index in [0.717, 1.165) is 17.5 Å². The molecule has 0 bridgehead atoms. The highest BCUT2D eigenvalue weighted by molar-refractivity contribution is 7.89. The Morgan fingerprint density at radius 2 is 1.82 bits per heavy atom. The number of aryl methyl sites for hydroxylation is 1. The van der Waals surface area contributed by atoms with E-state index in [1.807, 2.05) is 49.4 Å². The van der Waals surface area contributed by atoms with Gasteiger partial charge in [0.2, 0.25) is 15.9 Å². The van der Waals surface area contributed by atoms with E-state index in [-0.39, 0.29) is 25.2 Å². The highest BCUT2D eigenvalue weighted by Gasteiger charge is 2.27. The summed E-state index contributed by atoms with van der Waals surface area (Å²) in [6.45, 7) is 3.01. The van der Waals surface area contributed by atoms with Crippen molar-refractivity contribution >= 4 is 15.9 Å². The lowest BCUT2D eigenvalue weighted by Crippen LogP contribution is -2.51. The molecule has 1 N–H and O–H groups in total. The minimum Gasteiger partial charge on any atom is -0.365 e. The van der Waals surface area contributed by atoms with E-state index in [1.165, 1.54) is 0 Å². The molecule has 1 aliphatic rings. The van der Waals surface area contributed by atoms with Gasteiger partial charge >= 0.3 is 0 Å². The summed E-state index contributed by atoms with van der Waals surface area (Å²) in [4.78, 5) is 14.2. The van der Waals surface area contributed by atoms with Gasteiger partial charge in [0, 0.05) is 19.6 Å². The maximum absolute atomic E-state index is 12.7. The van der Waals surface area contributed by atoms with Crippen LogP contribution in [0.2, 0.25) is 0 Å². The fourth-order valence-electron chi connectivity index (χ4n) is 3.27. The van der Waals surface area contributed by atoms with Crippen molar-refractivity contribution in [2.45, 2.75) is 30.8 Å². The number of benzene rings is 2. The zero-order valence-electron chi connectivity index (χ0n) is 16.0. The predicted octanol–water partition coefficient (Wildman–Crippen LogP) is 2.00. The van der Waals surface area contributed by atoms with Crippen molar-refractivity contribution in [3.63, 3.8) is 0 Å². The summed E-state index contributed by atoms with van der Waals surface area (Å²) in [5.74, 6) is -0.0635. The molecule has 2 aromatic rings. The summed E-state index contributed by atoms with van der Waals surface area (Å²) < 4.78 is 33.5. The van der Waals surface area contributed by atoms with Crippen molar-refractivity contribution in [3.05, 3.63) is 65.7 Å². The average Bonchev–Trinajstić information content (AvgIpc) is 2.73. The van der Waals surface area contributed by atoms with E-state index in [1.54, 1.807) is 17.0 Å². The number of nitrogens with one attached hydrogen (secondary N) is 1. The summed E-state index contributed by atoms with van der Waals surface area (Å²) in [7, 11) is -3.62. The fourth-order valence-corrected chi connectivity index (χ4v) is 4.64. The molecule has 0 radical (unpaired) electrons. The zero-order valence-corrected chi connectivity index (χ0v) is 16.8. The van der Waals surface area contributed by atoms with Crippen molar-refractivity contribution in [1.82, 2.24) is 9.62 Å². The Bertz CT molecular complexity index is 900. The third-order valence-corrected chi connectivity index (χ3v) is 6.40. The van der Waals surface area contributed by atoms with Crippen LogP contribution < -0.4 is 4.72 Å². The summed E-state index contributed by atoms with van der Waals surface area (Å²) in [5, 5.41) is 0. The van der Waals surface area contributed by atoms with Crippen molar-refractivity contribution in [1.29, 1.82) is 0 Å². The first kappa shape index (κ1) is 20.5. The molecule has 1 fully saturated rings. The Morgan fingerprint density at radius 1 is 1.11 bits per heavy atom. The van der Waals surface area contributed by atoms with Gasteiger partial charge in [0.05, 0.1) is 11.0 Å². The number of rotatable bonds is 8. The Morgan fingerprint density at radius 3 is 2.57 bits per heavy atom. The maximum atomic E-state index is 12.7. The lowest BCUT2D eigenvalue weighted by Gasteiger charge is -2.33. The number of hydrogen-bond acceptors (Lipinski definition) is 4. The molecule has 1 amide bonds. The van der Waals surface area contributed by atoms with Crippen LogP contribution in [0.3, 0.4) is 0 Å². The van der Waals surface area contributed by atoms with Crippen molar-refractivity contribution in [2.75, 3.05) is 26.2 Å². The SMILES string of the molecule is CCc1ccccc1S(=O)(=O)NCC1CN(CCc2ccccc2)C(=O)CO1. The van der Waals surface area contributed by atoms with Gasteiger partial charge in [-0.15, -0.1) is 0 Å². The van der Waals surface area contributed by atoms with Crippen LogP contribution >= 0.6 is 0 Å². The molecule has 7 heteroatoms. The summed E-state index contributed by atoms with van der Waals surface area (Å²) in [5.41, 5.74) is 1.94. The zero-order chi connectivity index (χ0) is 20.0. The summed E-state index contributed by atoms with van der Waals surface area (Å²) in [6.07, 6.45) is 1.03. The first-order valence-corrected chi connectivity index (χ1v) is 11.0. The quantitative estimate of drug-likeness (QED) is 0.733. The molecule has 28 heavy (non-hydrogen) atoms. The fraction of sp³-hybridized carbons (Fsp3) is 0.381. The highest BCUT2D eigenvalue weighted by Crippen LogP contribution is 2.16. The predicted molar refractivity (Wildman–Crippen MR) is 107 cm³/mol. The van der Waals surface area contributed by atoms with Gasteiger partial charge in [0.1, 0.15) is 6.61 Å². The molecule has 0 spiro atoms. The average molecular weight is 403 g/mol. The van der Waals surface area contributed by atoms with Crippen LogP contribution in [-0.4, -0.2) is 51.6 Å². The minimum absolute atomic E-state index is 0.0211. The highest BCUT2D eigenvalue weighted by atomic mass is 32.2. The number of carbonyl (C=O) groups excluding carboxylic acids is 1. The molecule has 0 aliphatic carbocycles. The standard InChI is InChI=1S/C21H26N2O4S/c1-2-18-10-6-7-11-20(18)28(25,26)22-14-19-15-23(21(24)16-27-19)13-12-17-8-4-3-5-9-17/h3-11,19,22H,2,12-16H2,1H3. The van der Waals surface area contributed by atoms with Crippen molar-refractivity contribution in [3.8, 4) is 0 Å². The molecule has 150 valence electrons. The van der Waals surface area contributed by atoms with Crippen LogP contribution in [-0.2, 0) is 32.4 Å². The monoisotopic (exact) mass is 402 g/mol. The van der Waals surface area contributed by atoms with Crippen LogP contribution in [0.5, 0.6) is 0 Å². The molecular formula is C21H26N2O4S. The third-order valence-electron chi connectivity index (χ3n) is 4.88. The van der Waals surface area contributed by atoms with Gasteiger partial charge in [-0.1, -0.05) is 55.5 Å².